The molecule has 6 heteroatoms. The number of hydrogen-bond acceptors (Lipinski definition) is 4. The van der Waals surface area contributed by atoms with Gasteiger partial charge in [0.1, 0.15) is 5.76 Å². The van der Waals surface area contributed by atoms with Crippen molar-refractivity contribution in [3.05, 3.63) is 46.8 Å². The van der Waals surface area contributed by atoms with E-state index in [1.54, 1.807) is 17.9 Å². The molecule has 1 aromatic heterocycles. The monoisotopic (exact) mass is 313 g/mol. The molecule has 0 aliphatic carbocycles. The van der Waals surface area contributed by atoms with Gasteiger partial charge in [0.2, 0.25) is 5.91 Å². The highest BCUT2D eigenvalue weighted by Crippen LogP contribution is 2.21. The Hall–Kier alpha value is -2.63. The zero-order valence-corrected chi connectivity index (χ0v) is 13.4. The minimum atomic E-state index is -0.197. The molecule has 120 valence electrons. The first-order valence-corrected chi connectivity index (χ1v) is 7.55. The standard InChI is InChI=1S/C17H19N3O3/c1-10-4-5-14(6-11(10)2)18-16(21)13-8-20(9-13)17(22)15-7-12(3)23-19-15/h4-7,13H,8-9H2,1-3H3,(H,18,21). The zero-order valence-electron chi connectivity index (χ0n) is 13.4. The van der Waals surface area contributed by atoms with E-state index in [0.717, 1.165) is 11.3 Å². The van der Waals surface area contributed by atoms with E-state index < -0.39 is 0 Å². The first-order chi connectivity index (χ1) is 10.9. The summed E-state index contributed by atoms with van der Waals surface area (Å²) in [5, 5.41) is 6.61. The number of benzene rings is 1. The Bertz CT molecular complexity index is 760. The van der Waals surface area contributed by atoms with Crippen molar-refractivity contribution in [3.8, 4) is 0 Å². The van der Waals surface area contributed by atoms with Crippen LogP contribution in [-0.4, -0.2) is 35.0 Å². The fourth-order valence-electron chi connectivity index (χ4n) is 2.50. The number of aromatic nitrogens is 1. The van der Waals surface area contributed by atoms with Crippen LogP contribution in [0.1, 0.15) is 27.4 Å². The third kappa shape index (κ3) is 3.11. The fraction of sp³-hybridized carbons (Fsp3) is 0.353. The van der Waals surface area contributed by atoms with Crippen LogP contribution in [0.15, 0.2) is 28.8 Å². The smallest absolute Gasteiger partial charge is 0.276 e. The van der Waals surface area contributed by atoms with Crippen LogP contribution < -0.4 is 5.32 Å². The molecule has 1 saturated heterocycles. The van der Waals surface area contributed by atoms with Gasteiger partial charge in [0.15, 0.2) is 5.69 Å². The quantitative estimate of drug-likeness (QED) is 0.943. The molecular formula is C17H19N3O3. The topological polar surface area (TPSA) is 75.4 Å². The van der Waals surface area contributed by atoms with Gasteiger partial charge in [0.05, 0.1) is 5.92 Å². The Balaban J connectivity index is 1.55. The molecule has 1 aliphatic heterocycles. The number of aryl methyl sites for hydroxylation is 3. The summed E-state index contributed by atoms with van der Waals surface area (Å²) in [6.07, 6.45) is 0. The number of rotatable bonds is 3. The summed E-state index contributed by atoms with van der Waals surface area (Å²) in [5.74, 6) is 0.150. The van der Waals surface area contributed by atoms with E-state index in [1.807, 2.05) is 32.0 Å². The predicted octanol–water partition coefficient (Wildman–Crippen LogP) is 2.31. The maximum absolute atomic E-state index is 12.2. The molecule has 2 aromatic rings. The van der Waals surface area contributed by atoms with Gasteiger partial charge in [-0.15, -0.1) is 0 Å². The zero-order chi connectivity index (χ0) is 16.6. The molecule has 23 heavy (non-hydrogen) atoms. The van der Waals surface area contributed by atoms with E-state index in [4.69, 9.17) is 4.52 Å². The van der Waals surface area contributed by atoms with Gasteiger partial charge in [-0.2, -0.15) is 0 Å². The first kappa shape index (κ1) is 15.3. The van der Waals surface area contributed by atoms with Crippen molar-refractivity contribution in [2.75, 3.05) is 18.4 Å². The van der Waals surface area contributed by atoms with E-state index in [1.165, 1.54) is 5.56 Å². The van der Waals surface area contributed by atoms with Crippen molar-refractivity contribution in [1.29, 1.82) is 0 Å². The second-order valence-corrected chi connectivity index (χ2v) is 6.02. The number of carbonyl (C=O) groups excluding carboxylic acids is 2. The highest BCUT2D eigenvalue weighted by Gasteiger charge is 2.37. The average molecular weight is 313 g/mol. The van der Waals surface area contributed by atoms with Crippen LogP contribution in [0.5, 0.6) is 0 Å². The van der Waals surface area contributed by atoms with Gasteiger partial charge in [-0.3, -0.25) is 9.59 Å². The summed E-state index contributed by atoms with van der Waals surface area (Å²) in [6.45, 7) is 6.58. The predicted molar refractivity (Wildman–Crippen MR) is 85.2 cm³/mol. The van der Waals surface area contributed by atoms with Crippen LogP contribution in [0, 0.1) is 26.7 Å². The lowest BCUT2D eigenvalue weighted by atomic mass is 9.98. The molecule has 2 heterocycles. The summed E-state index contributed by atoms with van der Waals surface area (Å²) >= 11 is 0. The average Bonchev–Trinajstić information content (AvgIpc) is 2.88. The number of likely N-dealkylation sites (tertiary alicyclic amines) is 1. The molecule has 3 rings (SSSR count). The first-order valence-electron chi connectivity index (χ1n) is 7.55. The van der Waals surface area contributed by atoms with Gasteiger partial charge < -0.3 is 14.7 Å². The van der Waals surface area contributed by atoms with Gasteiger partial charge in [-0.25, -0.2) is 0 Å². The molecule has 0 spiro atoms. The van der Waals surface area contributed by atoms with Crippen molar-refractivity contribution in [2.24, 2.45) is 5.92 Å². The molecule has 1 aromatic carbocycles. The Morgan fingerprint density at radius 3 is 2.52 bits per heavy atom. The SMILES string of the molecule is Cc1cc(C(=O)N2CC(C(=O)Nc3ccc(C)c(C)c3)C2)no1. The van der Waals surface area contributed by atoms with Crippen LogP contribution in [-0.2, 0) is 4.79 Å². The molecule has 1 N–H and O–H groups in total. The van der Waals surface area contributed by atoms with Crippen molar-refractivity contribution < 1.29 is 14.1 Å². The number of nitrogens with zero attached hydrogens (tertiary/aromatic N) is 2. The van der Waals surface area contributed by atoms with E-state index in [0.29, 0.717) is 18.8 Å². The highest BCUT2D eigenvalue weighted by molar-refractivity contribution is 5.97. The lowest BCUT2D eigenvalue weighted by Crippen LogP contribution is -2.54. The van der Waals surface area contributed by atoms with E-state index in [-0.39, 0.29) is 23.4 Å². The maximum atomic E-state index is 12.2. The minimum absolute atomic E-state index is 0.0614. The normalized spacial score (nSPS) is 14.5. The molecule has 6 nitrogen and oxygen atoms in total. The number of nitrogens with one attached hydrogen (secondary N) is 1. The summed E-state index contributed by atoms with van der Waals surface area (Å²) in [7, 11) is 0. The molecule has 1 fully saturated rings. The maximum Gasteiger partial charge on any atom is 0.276 e. The molecular weight excluding hydrogens is 294 g/mol. The Kier molecular flexibility index (Phi) is 3.90. The van der Waals surface area contributed by atoms with Crippen LogP contribution in [0.25, 0.3) is 0 Å². The van der Waals surface area contributed by atoms with Crippen LogP contribution in [0.3, 0.4) is 0 Å². The van der Waals surface area contributed by atoms with Crippen LogP contribution in [0.2, 0.25) is 0 Å². The highest BCUT2D eigenvalue weighted by atomic mass is 16.5. The third-order valence-corrected chi connectivity index (χ3v) is 4.16. The molecule has 0 atom stereocenters. The van der Waals surface area contributed by atoms with Crippen molar-refractivity contribution in [3.63, 3.8) is 0 Å². The Labute approximate surface area is 134 Å². The number of anilines is 1. The fourth-order valence-corrected chi connectivity index (χ4v) is 2.50. The summed E-state index contributed by atoms with van der Waals surface area (Å²) < 4.78 is 4.90. The lowest BCUT2D eigenvalue weighted by Gasteiger charge is -2.37. The van der Waals surface area contributed by atoms with E-state index in [9.17, 15) is 9.59 Å². The second kappa shape index (κ2) is 5.87. The van der Waals surface area contributed by atoms with E-state index >= 15 is 0 Å². The van der Waals surface area contributed by atoms with Crippen molar-refractivity contribution >= 4 is 17.5 Å². The molecule has 0 unspecified atom stereocenters. The van der Waals surface area contributed by atoms with Crippen LogP contribution >= 0.6 is 0 Å². The van der Waals surface area contributed by atoms with Crippen molar-refractivity contribution in [1.82, 2.24) is 10.1 Å². The van der Waals surface area contributed by atoms with Gasteiger partial charge in [-0.1, -0.05) is 11.2 Å². The van der Waals surface area contributed by atoms with Crippen molar-refractivity contribution in [2.45, 2.75) is 20.8 Å². The minimum Gasteiger partial charge on any atom is -0.361 e. The summed E-state index contributed by atoms with van der Waals surface area (Å²) in [6, 6.07) is 7.42. The largest absolute Gasteiger partial charge is 0.361 e. The molecule has 2 amide bonds. The number of hydrogen-bond donors (Lipinski definition) is 1. The van der Waals surface area contributed by atoms with Gasteiger partial charge >= 0.3 is 0 Å². The lowest BCUT2D eigenvalue weighted by molar-refractivity contribution is -0.123. The Morgan fingerprint density at radius 1 is 1.17 bits per heavy atom. The summed E-state index contributed by atoms with van der Waals surface area (Å²) in [5.41, 5.74) is 3.39. The third-order valence-electron chi connectivity index (χ3n) is 4.16. The van der Waals surface area contributed by atoms with Gasteiger partial charge in [0, 0.05) is 24.8 Å². The van der Waals surface area contributed by atoms with Crippen LogP contribution in [0.4, 0.5) is 5.69 Å². The summed E-state index contributed by atoms with van der Waals surface area (Å²) in [4.78, 5) is 25.9. The molecule has 0 radical (unpaired) electrons. The second-order valence-electron chi connectivity index (χ2n) is 6.02. The number of amides is 2. The number of carbonyl (C=O) groups is 2. The van der Waals surface area contributed by atoms with Gasteiger partial charge in [-0.05, 0) is 44.0 Å². The Morgan fingerprint density at radius 2 is 1.91 bits per heavy atom. The van der Waals surface area contributed by atoms with Gasteiger partial charge in [0.25, 0.3) is 5.91 Å². The molecule has 1 aliphatic rings. The molecule has 0 saturated carbocycles. The van der Waals surface area contributed by atoms with E-state index in [2.05, 4.69) is 10.5 Å². The molecule has 0 bridgehead atoms.